The van der Waals surface area contributed by atoms with Gasteiger partial charge in [-0.1, -0.05) is 50.9 Å². The largest absolute Gasteiger partial charge is 0.360 e. The second kappa shape index (κ2) is 11.8. The second-order valence-corrected chi connectivity index (χ2v) is 9.98. The number of ketones is 1. The summed E-state index contributed by atoms with van der Waals surface area (Å²) >= 11 is 6.66. The molecule has 0 saturated carbocycles. The Hall–Kier alpha value is -2.32. The lowest BCUT2D eigenvalue weighted by Crippen LogP contribution is -2.33. The van der Waals surface area contributed by atoms with Crippen LogP contribution in [0.25, 0.3) is 22.6 Å². The molecular formula is C27H39ClN6O2. The molecule has 2 aliphatic rings. The average molecular weight is 515 g/mol. The van der Waals surface area contributed by atoms with E-state index in [9.17, 15) is 4.79 Å². The summed E-state index contributed by atoms with van der Waals surface area (Å²) in [6.07, 6.45) is 7.39. The summed E-state index contributed by atoms with van der Waals surface area (Å²) in [6.45, 7) is 13.2. The van der Waals surface area contributed by atoms with E-state index < -0.39 is 0 Å². The molecule has 2 unspecified atom stereocenters. The third-order valence-electron chi connectivity index (χ3n) is 7.44. The van der Waals surface area contributed by atoms with Crippen LogP contribution in [0, 0.1) is 6.92 Å². The fourth-order valence-electron chi connectivity index (χ4n) is 5.61. The maximum Gasteiger partial charge on any atom is 0.185 e. The minimum absolute atomic E-state index is 0.217. The van der Waals surface area contributed by atoms with Crippen molar-refractivity contribution >= 4 is 28.4 Å². The highest BCUT2D eigenvalue weighted by molar-refractivity contribution is 6.34. The van der Waals surface area contributed by atoms with Gasteiger partial charge in [0.25, 0.3) is 0 Å². The Morgan fingerprint density at radius 3 is 2.72 bits per heavy atom. The van der Waals surface area contributed by atoms with Crippen molar-refractivity contribution in [1.82, 2.24) is 29.8 Å². The number of Topliss-reactive ketones (excluding diaryl/α,β-unsaturated/α-hetero) is 1. The average Bonchev–Trinajstić information content (AvgIpc) is 3.61. The number of likely N-dealkylation sites (tertiary alicyclic amines) is 1. The third-order valence-corrected chi connectivity index (χ3v) is 7.72. The molecule has 0 N–H and O–H groups in total. The number of fused-ring (bicyclic) bond motifs is 2. The number of halogens is 1. The van der Waals surface area contributed by atoms with Crippen LogP contribution in [0.5, 0.6) is 0 Å². The first-order chi connectivity index (χ1) is 17.5. The van der Waals surface area contributed by atoms with Crippen LogP contribution in [0.1, 0.15) is 95.6 Å². The molecule has 1 fully saturated rings. The first-order valence-corrected chi connectivity index (χ1v) is 14.1. The predicted molar refractivity (Wildman–Crippen MR) is 142 cm³/mol. The van der Waals surface area contributed by atoms with E-state index in [-0.39, 0.29) is 11.7 Å². The SMILES string of the molecule is CC.CCCCC(=O)C1CCCc2c(-c3nc(Cl)c4c(C)nn(CC5CCCN5CC)c4n3)noc21. The van der Waals surface area contributed by atoms with Gasteiger partial charge < -0.3 is 4.52 Å². The number of hydrogen-bond donors (Lipinski definition) is 0. The van der Waals surface area contributed by atoms with E-state index in [0.717, 1.165) is 80.4 Å². The van der Waals surface area contributed by atoms with E-state index in [4.69, 9.17) is 26.2 Å². The number of hydrogen-bond acceptors (Lipinski definition) is 7. The molecule has 0 radical (unpaired) electrons. The van der Waals surface area contributed by atoms with Gasteiger partial charge in [0, 0.05) is 18.0 Å². The molecule has 3 aromatic heterocycles. The van der Waals surface area contributed by atoms with E-state index in [1.807, 2.05) is 25.5 Å². The van der Waals surface area contributed by atoms with Gasteiger partial charge in [-0.25, -0.2) is 14.6 Å². The molecule has 0 amide bonds. The lowest BCUT2D eigenvalue weighted by atomic mass is 9.83. The lowest BCUT2D eigenvalue weighted by molar-refractivity contribution is -0.121. The smallest absolute Gasteiger partial charge is 0.185 e. The predicted octanol–water partition coefficient (Wildman–Crippen LogP) is 6.13. The number of carbonyl (C=O) groups excluding carboxylic acids is 1. The molecule has 1 saturated heterocycles. The third kappa shape index (κ3) is 5.07. The Balaban J connectivity index is 0.00000148. The molecule has 4 heterocycles. The van der Waals surface area contributed by atoms with E-state index in [1.165, 1.54) is 6.42 Å². The Kier molecular flexibility index (Phi) is 8.78. The van der Waals surface area contributed by atoms with Crippen molar-refractivity contribution in [2.24, 2.45) is 0 Å². The quantitative estimate of drug-likeness (QED) is 0.334. The van der Waals surface area contributed by atoms with Gasteiger partial charge in [-0.05, 0) is 58.5 Å². The van der Waals surface area contributed by atoms with Crippen LogP contribution in [0.3, 0.4) is 0 Å². The highest BCUT2D eigenvalue weighted by Gasteiger charge is 2.34. The zero-order valence-corrected chi connectivity index (χ0v) is 23.1. The van der Waals surface area contributed by atoms with Crippen LogP contribution in [-0.4, -0.2) is 54.7 Å². The second-order valence-electron chi connectivity index (χ2n) is 9.62. The van der Waals surface area contributed by atoms with Gasteiger partial charge in [0.05, 0.1) is 23.5 Å². The summed E-state index contributed by atoms with van der Waals surface area (Å²) in [4.78, 5) is 24.8. The van der Waals surface area contributed by atoms with Gasteiger partial charge in [0.1, 0.15) is 10.9 Å². The summed E-state index contributed by atoms with van der Waals surface area (Å²) in [5, 5.41) is 10.3. The van der Waals surface area contributed by atoms with Gasteiger partial charge in [0.2, 0.25) is 0 Å². The minimum Gasteiger partial charge on any atom is -0.360 e. The summed E-state index contributed by atoms with van der Waals surface area (Å²) in [6, 6.07) is 0.444. The van der Waals surface area contributed by atoms with Crippen molar-refractivity contribution in [3.8, 4) is 11.5 Å². The highest BCUT2D eigenvalue weighted by atomic mass is 35.5. The van der Waals surface area contributed by atoms with Crippen molar-refractivity contribution in [1.29, 1.82) is 0 Å². The molecule has 9 heteroatoms. The van der Waals surface area contributed by atoms with E-state index >= 15 is 0 Å². The van der Waals surface area contributed by atoms with Gasteiger partial charge in [-0.3, -0.25) is 9.69 Å². The molecule has 8 nitrogen and oxygen atoms in total. The molecule has 2 atom stereocenters. The Bertz CT molecular complexity index is 1200. The van der Waals surface area contributed by atoms with Crippen molar-refractivity contribution < 1.29 is 9.32 Å². The minimum atomic E-state index is -0.217. The Labute approximate surface area is 218 Å². The van der Waals surface area contributed by atoms with Crippen LogP contribution in [0.4, 0.5) is 0 Å². The summed E-state index contributed by atoms with van der Waals surface area (Å²) in [5.74, 6) is 1.16. The molecule has 196 valence electrons. The summed E-state index contributed by atoms with van der Waals surface area (Å²) in [5.41, 5.74) is 3.12. The fourth-order valence-corrected chi connectivity index (χ4v) is 5.91. The van der Waals surface area contributed by atoms with Gasteiger partial charge in [0.15, 0.2) is 22.9 Å². The van der Waals surface area contributed by atoms with Crippen LogP contribution >= 0.6 is 11.6 Å². The van der Waals surface area contributed by atoms with Gasteiger partial charge >= 0.3 is 0 Å². The maximum atomic E-state index is 12.8. The zero-order valence-electron chi connectivity index (χ0n) is 22.3. The van der Waals surface area contributed by atoms with E-state index in [0.29, 0.717) is 34.9 Å². The number of aromatic nitrogens is 5. The van der Waals surface area contributed by atoms with E-state index in [2.05, 4.69) is 28.9 Å². The fraction of sp³-hybridized carbons (Fsp3) is 0.667. The number of unbranched alkanes of at least 4 members (excludes halogenated alkanes) is 1. The topological polar surface area (TPSA) is 89.9 Å². The molecule has 1 aliphatic heterocycles. The van der Waals surface area contributed by atoms with Crippen LogP contribution in [-0.2, 0) is 17.8 Å². The molecule has 0 aromatic carbocycles. The first-order valence-electron chi connectivity index (χ1n) is 13.7. The van der Waals surface area contributed by atoms with Crippen molar-refractivity contribution in [3.05, 3.63) is 22.2 Å². The standard InChI is InChI=1S/C25H33ClN6O2.C2H6/c1-4-6-12-19(33)17-10-7-11-18-21(30-34-22(17)18)24-27-23(26)20-15(3)29-32(25(20)28-24)14-16-9-8-13-31(16)5-2;1-2/h16-17H,4-14H2,1-3H3;1-2H3. The number of aryl methyl sites for hydroxylation is 1. The van der Waals surface area contributed by atoms with Gasteiger partial charge in [-0.2, -0.15) is 5.10 Å². The molecule has 1 aliphatic carbocycles. The normalized spacial score (nSPS) is 19.8. The van der Waals surface area contributed by atoms with Crippen molar-refractivity contribution in [2.45, 2.75) is 104 Å². The molecule has 5 rings (SSSR count). The molecule has 3 aromatic rings. The first kappa shape index (κ1) is 26.7. The number of likely N-dealkylation sites (N-methyl/N-ethyl adjacent to an activating group) is 1. The summed E-state index contributed by atoms with van der Waals surface area (Å²) < 4.78 is 7.73. The molecule has 0 bridgehead atoms. The lowest BCUT2D eigenvalue weighted by Gasteiger charge is -2.22. The van der Waals surface area contributed by atoms with Crippen LogP contribution in [0.2, 0.25) is 5.15 Å². The number of nitrogens with zero attached hydrogens (tertiary/aromatic N) is 6. The molecule has 0 spiro atoms. The van der Waals surface area contributed by atoms with Gasteiger partial charge in [-0.15, -0.1) is 0 Å². The summed E-state index contributed by atoms with van der Waals surface area (Å²) in [7, 11) is 0. The van der Waals surface area contributed by atoms with Crippen LogP contribution < -0.4 is 0 Å². The number of rotatable bonds is 8. The van der Waals surface area contributed by atoms with Crippen molar-refractivity contribution in [2.75, 3.05) is 13.1 Å². The highest BCUT2D eigenvalue weighted by Crippen LogP contribution is 2.39. The molecular weight excluding hydrogens is 476 g/mol. The van der Waals surface area contributed by atoms with Crippen LogP contribution in [0.15, 0.2) is 4.52 Å². The van der Waals surface area contributed by atoms with Crippen molar-refractivity contribution in [3.63, 3.8) is 0 Å². The Morgan fingerprint density at radius 2 is 1.97 bits per heavy atom. The monoisotopic (exact) mass is 514 g/mol. The molecule has 36 heavy (non-hydrogen) atoms. The number of carbonyl (C=O) groups is 1. The Morgan fingerprint density at radius 1 is 1.17 bits per heavy atom. The maximum absolute atomic E-state index is 12.8. The zero-order chi connectivity index (χ0) is 25.8. The van der Waals surface area contributed by atoms with E-state index in [1.54, 1.807) is 0 Å².